The smallest absolute Gasteiger partial charge is 0.145 e. The number of para-hydroxylation sites is 1. The van der Waals surface area contributed by atoms with Crippen molar-refractivity contribution < 1.29 is 9.84 Å². The summed E-state index contributed by atoms with van der Waals surface area (Å²) in [5.74, 6) is 1.63. The Labute approximate surface area is 123 Å². The maximum Gasteiger partial charge on any atom is 0.145 e. The lowest BCUT2D eigenvalue weighted by Crippen LogP contribution is -1.95. The maximum atomic E-state index is 9.05. The summed E-state index contributed by atoms with van der Waals surface area (Å²) in [6.45, 7) is 0. The number of benzene rings is 2. The topological polar surface area (TPSA) is 73.3 Å². The molecule has 5 nitrogen and oxygen atoms in total. The van der Waals surface area contributed by atoms with Crippen molar-refractivity contribution in [2.24, 2.45) is 0 Å². The molecule has 0 saturated heterocycles. The molecular formula is C16H17N3O2. The van der Waals surface area contributed by atoms with Gasteiger partial charge in [0, 0.05) is 12.3 Å². The van der Waals surface area contributed by atoms with E-state index >= 15 is 0 Å². The number of phenolic OH excluding ortho intramolecular Hbond substituents is 1. The highest BCUT2D eigenvalue weighted by Crippen LogP contribution is 2.13. The third-order valence-corrected chi connectivity index (χ3v) is 2.70. The van der Waals surface area contributed by atoms with Gasteiger partial charge in [-0.15, -0.1) is 0 Å². The number of methoxy groups -OCH3 is 1. The van der Waals surface area contributed by atoms with E-state index in [0.717, 1.165) is 11.4 Å². The molecule has 0 fully saturated rings. The van der Waals surface area contributed by atoms with Crippen LogP contribution in [0.5, 0.6) is 11.5 Å². The molecule has 0 amide bonds. The first kappa shape index (κ1) is 14.5. The Morgan fingerprint density at radius 3 is 2.14 bits per heavy atom. The molecule has 0 aliphatic heterocycles. The van der Waals surface area contributed by atoms with Crippen LogP contribution in [0.3, 0.4) is 0 Å². The molecule has 1 aromatic heterocycles. The molecule has 0 saturated carbocycles. The van der Waals surface area contributed by atoms with Crippen LogP contribution in [0.15, 0.2) is 66.9 Å². The van der Waals surface area contributed by atoms with Crippen molar-refractivity contribution in [1.29, 1.82) is 0 Å². The number of nitrogen functional groups attached to an aromatic ring is 1. The Balaban J connectivity index is 0.000000173. The van der Waals surface area contributed by atoms with Gasteiger partial charge in [0.2, 0.25) is 0 Å². The average Bonchev–Trinajstić information content (AvgIpc) is 2.96. The first-order valence-corrected chi connectivity index (χ1v) is 6.38. The quantitative estimate of drug-likeness (QED) is 0.758. The van der Waals surface area contributed by atoms with Crippen LogP contribution in [0.1, 0.15) is 0 Å². The third kappa shape index (κ3) is 4.28. The fraction of sp³-hybridized carbons (Fsp3) is 0.0625. The van der Waals surface area contributed by atoms with Crippen molar-refractivity contribution in [2.45, 2.75) is 0 Å². The molecule has 0 spiro atoms. The molecule has 0 aliphatic carbocycles. The first-order chi connectivity index (χ1) is 10.2. The number of nitrogens with two attached hydrogens (primary N) is 1. The van der Waals surface area contributed by atoms with E-state index in [2.05, 4.69) is 5.10 Å². The number of aromatic nitrogens is 2. The highest BCUT2D eigenvalue weighted by Gasteiger charge is 1.97. The fourth-order valence-electron chi connectivity index (χ4n) is 1.64. The summed E-state index contributed by atoms with van der Waals surface area (Å²) in [4.78, 5) is 0. The number of aromatic hydroxyl groups is 1. The molecule has 21 heavy (non-hydrogen) atoms. The van der Waals surface area contributed by atoms with Gasteiger partial charge in [-0.2, -0.15) is 5.10 Å². The average molecular weight is 283 g/mol. The minimum atomic E-state index is 0.240. The molecule has 3 aromatic rings. The number of phenols is 1. The van der Waals surface area contributed by atoms with Crippen LogP contribution in [-0.4, -0.2) is 22.0 Å². The Hall–Kier alpha value is -2.95. The molecule has 108 valence electrons. The number of hydrogen-bond acceptors (Lipinski definition) is 4. The van der Waals surface area contributed by atoms with E-state index in [4.69, 9.17) is 15.6 Å². The number of rotatable bonds is 2. The molecule has 0 bridgehead atoms. The number of nitrogens with zero attached hydrogens (tertiary/aromatic N) is 2. The minimum absolute atomic E-state index is 0.240. The van der Waals surface area contributed by atoms with E-state index in [1.165, 1.54) is 0 Å². The number of hydrogen-bond donors (Lipinski definition) is 2. The largest absolute Gasteiger partial charge is 0.508 e. The second-order valence-electron chi connectivity index (χ2n) is 4.22. The summed E-state index contributed by atoms with van der Waals surface area (Å²) in [5, 5.41) is 13.1. The van der Waals surface area contributed by atoms with Crippen molar-refractivity contribution in [2.75, 3.05) is 12.8 Å². The molecule has 0 aliphatic rings. The second-order valence-corrected chi connectivity index (χ2v) is 4.22. The second kappa shape index (κ2) is 7.00. The van der Waals surface area contributed by atoms with Crippen LogP contribution in [0.4, 0.5) is 5.82 Å². The van der Waals surface area contributed by atoms with Gasteiger partial charge < -0.3 is 15.6 Å². The summed E-state index contributed by atoms with van der Waals surface area (Å²) in [7, 11) is 1.66. The molecule has 3 N–H and O–H groups in total. The maximum absolute atomic E-state index is 9.05. The molecule has 0 radical (unpaired) electrons. The SMILES string of the molecule is COc1ccccc1.Nc1ccn(-c2ccc(O)cc2)n1. The van der Waals surface area contributed by atoms with Crippen molar-refractivity contribution in [1.82, 2.24) is 9.78 Å². The summed E-state index contributed by atoms with van der Waals surface area (Å²) in [6, 6.07) is 18.1. The van der Waals surface area contributed by atoms with E-state index in [1.54, 1.807) is 48.3 Å². The molecule has 0 unspecified atom stereocenters. The van der Waals surface area contributed by atoms with Gasteiger partial charge in [0.1, 0.15) is 17.3 Å². The molecular weight excluding hydrogens is 266 g/mol. The van der Waals surface area contributed by atoms with Crippen LogP contribution in [-0.2, 0) is 0 Å². The minimum Gasteiger partial charge on any atom is -0.508 e. The van der Waals surface area contributed by atoms with Crippen LogP contribution < -0.4 is 10.5 Å². The van der Waals surface area contributed by atoms with Crippen molar-refractivity contribution >= 4 is 5.82 Å². The van der Waals surface area contributed by atoms with Gasteiger partial charge in [0.25, 0.3) is 0 Å². The highest BCUT2D eigenvalue weighted by atomic mass is 16.5. The summed E-state index contributed by atoms with van der Waals surface area (Å²) in [6.07, 6.45) is 1.77. The Morgan fingerprint density at radius 2 is 1.67 bits per heavy atom. The van der Waals surface area contributed by atoms with Gasteiger partial charge in [0.05, 0.1) is 12.8 Å². The standard InChI is InChI=1S/C9H9N3O.C7H8O/c10-9-5-6-12(11-9)7-1-3-8(13)4-2-7;1-8-7-5-3-2-4-6-7/h1-6,13H,(H2,10,11);2-6H,1H3. The lowest BCUT2D eigenvalue weighted by Gasteiger charge is -1.99. The predicted octanol–water partition coefficient (Wildman–Crippen LogP) is 2.86. The zero-order valence-electron chi connectivity index (χ0n) is 11.7. The molecule has 0 atom stereocenters. The van der Waals surface area contributed by atoms with Crippen molar-refractivity contribution in [3.8, 4) is 17.2 Å². The summed E-state index contributed by atoms with van der Waals surface area (Å²) < 4.78 is 6.56. The lowest BCUT2D eigenvalue weighted by molar-refractivity contribution is 0.415. The van der Waals surface area contributed by atoms with Crippen LogP contribution in [0.25, 0.3) is 5.69 Å². The van der Waals surface area contributed by atoms with E-state index in [1.807, 2.05) is 30.3 Å². The summed E-state index contributed by atoms with van der Waals surface area (Å²) in [5.41, 5.74) is 6.33. The van der Waals surface area contributed by atoms with Gasteiger partial charge in [-0.3, -0.25) is 0 Å². The van der Waals surface area contributed by atoms with Crippen LogP contribution >= 0.6 is 0 Å². The first-order valence-electron chi connectivity index (χ1n) is 6.38. The molecule has 5 heteroatoms. The zero-order chi connectivity index (χ0) is 15.1. The molecule has 3 rings (SSSR count). The predicted molar refractivity (Wildman–Crippen MR) is 82.6 cm³/mol. The normalized spacial score (nSPS) is 9.57. The van der Waals surface area contributed by atoms with Crippen LogP contribution in [0.2, 0.25) is 0 Å². The molecule has 2 aromatic carbocycles. The fourth-order valence-corrected chi connectivity index (χ4v) is 1.64. The third-order valence-electron chi connectivity index (χ3n) is 2.70. The van der Waals surface area contributed by atoms with E-state index < -0.39 is 0 Å². The van der Waals surface area contributed by atoms with Crippen LogP contribution in [0, 0.1) is 0 Å². The van der Waals surface area contributed by atoms with Gasteiger partial charge in [-0.1, -0.05) is 18.2 Å². The van der Waals surface area contributed by atoms with Gasteiger partial charge in [0.15, 0.2) is 0 Å². The zero-order valence-corrected chi connectivity index (χ0v) is 11.7. The number of ether oxygens (including phenoxy) is 1. The molecule has 1 heterocycles. The summed E-state index contributed by atoms with van der Waals surface area (Å²) >= 11 is 0. The van der Waals surface area contributed by atoms with Gasteiger partial charge >= 0.3 is 0 Å². The van der Waals surface area contributed by atoms with Crippen molar-refractivity contribution in [3.05, 3.63) is 66.9 Å². The van der Waals surface area contributed by atoms with Crippen molar-refractivity contribution in [3.63, 3.8) is 0 Å². The Morgan fingerprint density at radius 1 is 1.00 bits per heavy atom. The van der Waals surface area contributed by atoms with E-state index in [9.17, 15) is 0 Å². The van der Waals surface area contributed by atoms with E-state index in [0.29, 0.717) is 5.82 Å². The number of anilines is 1. The van der Waals surface area contributed by atoms with Gasteiger partial charge in [-0.05, 0) is 36.4 Å². The Kier molecular flexibility index (Phi) is 4.82. The van der Waals surface area contributed by atoms with E-state index in [-0.39, 0.29) is 5.75 Å². The monoisotopic (exact) mass is 283 g/mol. The highest BCUT2D eigenvalue weighted by molar-refractivity contribution is 5.38. The van der Waals surface area contributed by atoms with Gasteiger partial charge in [-0.25, -0.2) is 4.68 Å². The lowest BCUT2D eigenvalue weighted by atomic mass is 10.3. The Bertz CT molecular complexity index is 664.